The number of nitrogens with zero attached hydrogens (tertiary/aromatic N) is 2. The first-order chi connectivity index (χ1) is 24.3. The van der Waals surface area contributed by atoms with Crippen LogP contribution in [0.15, 0.2) is 24.3 Å². The largest absolute Gasteiger partial charge is 0.465 e. The van der Waals surface area contributed by atoms with Crippen LogP contribution in [-0.2, 0) is 23.9 Å². The van der Waals surface area contributed by atoms with E-state index in [0.717, 1.165) is 11.3 Å². The van der Waals surface area contributed by atoms with E-state index in [1.54, 1.807) is 51.3 Å². The fraction of sp³-hybridized carbons (Fsp3) is 0.568. The molecule has 1 aromatic heterocycles. The van der Waals surface area contributed by atoms with Gasteiger partial charge in [0, 0.05) is 26.2 Å². The molecule has 0 bridgehead atoms. The SMILES string of the molecule is CCC(C(=O)Nc1sc(C(=O)N2CCN(C(=O)[C@@H](NC(=O)[C@@H](NC(=O)OC(C)(C)C)C(C)C)C(C)C)CC2)c(C)c1C(=O)OC)c1ccc(F)cc1. The predicted molar refractivity (Wildman–Crippen MR) is 196 cm³/mol. The third-order valence-corrected chi connectivity index (χ3v) is 9.89. The van der Waals surface area contributed by atoms with E-state index in [9.17, 15) is 33.2 Å². The van der Waals surface area contributed by atoms with Crippen LogP contribution in [0.4, 0.5) is 14.2 Å². The minimum Gasteiger partial charge on any atom is -0.465 e. The van der Waals surface area contributed by atoms with Crippen molar-refractivity contribution in [3.8, 4) is 0 Å². The summed E-state index contributed by atoms with van der Waals surface area (Å²) in [6.45, 7) is 16.5. The molecule has 0 radical (unpaired) electrons. The number of thiophene rings is 1. The second-order valence-electron chi connectivity index (χ2n) is 14.5. The fourth-order valence-corrected chi connectivity index (χ4v) is 6.98. The average Bonchev–Trinajstić information content (AvgIpc) is 3.39. The molecule has 52 heavy (non-hydrogen) atoms. The molecule has 1 unspecified atom stereocenters. The van der Waals surface area contributed by atoms with Crippen LogP contribution in [0.25, 0.3) is 0 Å². The molecule has 1 fully saturated rings. The number of hydrogen-bond acceptors (Lipinski definition) is 9. The number of anilines is 1. The summed E-state index contributed by atoms with van der Waals surface area (Å²) in [6.07, 6.45) is -0.328. The molecule has 1 aliphatic heterocycles. The van der Waals surface area contributed by atoms with Crippen LogP contribution < -0.4 is 16.0 Å². The van der Waals surface area contributed by atoms with Crippen molar-refractivity contribution in [2.24, 2.45) is 11.8 Å². The molecule has 3 rings (SSSR count). The summed E-state index contributed by atoms with van der Waals surface area (Å²) in [6, 6.07) is 3.80. The number of ether oxygens (including phenoxy) is 2. The minimum absolute atomic E-state index is 0.0725. The quantitative estimate of drug-likeness (QED) is 0.253. The van der Waals surface area contributed by atoms with Gasteiger partial charge in [-0.15, -0.1) is 11.3 Å². The Balaban J connectivity index is 1.73. The summed E-state index contributed by atoms with van der Waals surface area (Å²) in [5.74, 6) is -3.95. The van der Waals surface area contributed by atoms with Gasteiger partial charge in [0.25, 0.3) is 5.91 Å². The summed E-state index contributed by atoms with van der Waals surface area (Å²) >= 11 is 0.969. The Morgan fingerprint density at radius 1 is 0.865 bits per heavy atom. The van der Waals surface area contributed by atoms with Crippen LogP contribution in [0.1, 0.15) is 98.9 Å². The first-order valence-corrected chi connectivity index (χ1v) is 18.3. The molecule has 0 saturated carbocycles. The van der Waals surface area contributed by atoms with Crippen molar-refractivity contribution in [1.82, 2.24) is 20.4 Å². The highest BCUT2D eigenvalue weighted by Gasteiger charge is 2.36. The van der Waals surface area contributed by atoms with Crippen LogP contribution in [0, 0.1) is 24.6 Å². The lowest BCUT2D eigenvalue weighted by molar-refractivity contribution is -0.139. The van der Waals surface area contributed by atoms with Crippen LogP contribution in [0.3, 0.4) is 0 Å². The Hall–Kier alpha value is -4.53. The maximum absolute atomic E-state index is 13.8. The fourth-order valence-electron chi connectivity index (χ4n) is 5.82. The Labute approximate surface area is 309 Å². The average molecular weight is 746 g/mol. The van der Waals surface area contributed by atoms with Gasteiger partial charge in [-0.1, -0.05) is 46.8 Å². The van der Waals surface area contributed by atoms with Crippen LogP contribution >= 0.6 is 11.3 Å². The zero-order chi connectivity index (χ0) is 39.1. The molecule has 2 heterocycles. The van der Waals surface area contributed by atoms with Gasteiger partial charge in [-0.05, 0) is 69.2 Å². The Kier molecular flexibility index (Phi) is 14.3. The van der Waals surface area contributed by atoms with Crippen molar-refractivity contribution in [3.05, 3.63) is 51.7 Å². The van der Waals surface area contributed by atoms with Gasteiger partial charge in [0.2, 0.25) is 17.7 Å². The summed E-state index contributed by atoms with van der Waals surface area (Å²) in [7, 11) is 1.21. The standard InChI is InChI=1S/C37H52FN5O8S/c1-11-25(23-12-14-24(38)15-13-23)30(44)41-32-26(35(48)50-10)22(6)29(52-32)34(47)43-18-16-42(17-19-43)33(46)28(21(4)5)39-31(45)27(20(2)3)40-36(49)51-37(7,8)9/h12-15,20-21,25,27-28H,11,16-19H2,1-10H3,(H,39,45)(H,40,49)(H,41,44)/t25?,27-,28-/m0/s1. The van der Waals surface area contributed by atoms with Crippen molar-refractivity contribution in [2.75, 3.05) is 38.6 Å². The zero-order valence-electron chi connectivity index (χ0n) is 31.7. The molecule has 15 heteroatoms. The molecule has 13 nitrogen and oxygen atoms in total. The number of carbonyl (C=O) groups excluding carboxylic acids is 6. The highest BCUT2D eigenvalue weighted by atomic mass is 32.1. The third-order valence-electron chi connectivity index (χ3n) is 8.69. The minimum atomic E-state index is -0.937. The molecule has 2 aromatic rings. The lowest BCUT2D eigenvalue weighted by Crippen LogP contribution is -2.60. The van der Waals surface area contributed by atoms with E-state index in [-0.39, 0.29) is 65.3 Å². The van der Waals surface area contributed by atoms with E-state index in [0.29, 0.717) is 17.5 Å². The maximum Gasteiger partial charge on any atom is 0.408 e. The molecular weight excluding hydrogens is 693 g/mol. The summed E-state index contributed by atoms with van der Waals surface area (Å²) in [5.41, 5.74) is 0.280. The monoisotopic (exact) mass is 745 g/mol. The molecule has 3 N–H and O–H groups in total. The third kappa shape index (κ3) is 10.5. The Morgan fingerprint density at radius 3 is 1.92 bits per heavy atom. The molecule has 0 spiro atoms. The second-order valence-corrected chi connectivity index (χ2v) is 15.5. The van der Waals surface area contributed by atoms with Crippen molar-refractivity contribution in [1.29, 1.82) is 0 Å². The number of carbonyl (C=O) groups is 6. The van der Waals surface area contributed by atoms with Gasteiger partial charge >= 0.3 is 12.1 Å². The summed E-state index contributed by atoms with van der Waals surface area (Å²) < 4.78 is 23.8. The highest BCUT2D eigenvalue weighted by Crippen LogP contribution is 2.36. The van der Waals surface area contributed by atoms with Gasteiger partial charge in [0.05, 0.1) is 23.5 Å². The number of methoxy groups -OCH3 is 1. The number of nitrogens with one attached hydrogen (secondary N) is 3. The van der Waals surface area contributed by atoms with Crippen LogP contribution in [-0.4, -0.2) is 96.5 Å². The number of esters is 1. The predicted octanol–water partition coefficient (Wildman–Crippen LogP) is 5.09. The summed E-state index contributed by atoms with van der Waals surface area (Å²) in [4.78, 5) is 83.0. The van der Waals surface area contributed by atoms with Crippen molar-refractivity contribution in [2.45, 2.75) is 92.3 Å². The normalized spacial score (nSPS) is 15.1. The summed E-state index contributed by atoms with van der Waals surface area (Å²) in [5, 5.41) is 8.40. The van der Waals surface area contributed by atoms with Crippen molar-refractivity contribution < 1.29 is 42.6 Å². The molecule has 1 saturated heterocycles. The number of amides is 5. The van der Waals surface area contributed by atoms with Gasteiger partial charge in [-0.25, -0.2) is 14.0 Å². The molecular formula is C37H52FN5O8S. The molecule has 1 aromatic carbocycles. The second kappa shape index (κ2) is 17.8. The lowest BCUT2D eigenvalue weighted by Gasteiger charge is -2.37. The van der Waals surface area contributed by atoms with Crippen molar-refractivity contribution in [3.63, 3.8) is 0 Å². The highest BCUT2D eigenvalue weighted by molar-refractivity contribution is 7.18. The Morgan fingerprint density at radius 2 is 1.42 bits per heavy atom. The first kappa shape index (κ1) is 41.9. The number of alkyl carbamates (subject to hydrolysis) is 1. The van der Waals surface area contributed by atoms with E-state index in [1.165, 1.54) is 31.4 Å². The van der Waals surface area contributed by atoms with E-state index in [4.69, 9.17) is 9.47 Å². The van der Waals surface area contributed by atoms with Crippen LogP contribution in [0.5, 0.6) is 0 Å². The molecule has 3 atom stereocenters. The number of piperazine rings is 1. The van der Waals surface area contributed by atoms with Gasteiger partial charge in [0.1, 0.15) is 28.5 Å². The van der Waals surface area contributed by atoms with Gasteiger partial charge < -0.3 is 35.2 Å². The number of hydrogen-bond donors (Lipinski definition) is 3. The molecule has 1 aliphatic rings. The molecule has 5 amide bonds. The topological polar surface area (TPSA) is 163 Å². The zero-order valence-corrected chi connectivity index (χ0v) is 32.5. The van der Waals surface area contributed by atoms with E-state index in [1.807, 2.05) is 20.8 Å². The lowest BCUT2D eigenvalue weighted by atomic mass is 9.95. The molecule has 0 aliphatic carbocycles. The van der Waals surface area contributed by atoms with Crippen LogP contribution in [0.2, 0.25) is 0 Å². The van der Waals surface area contributed by atoms with Gasteiger partial charge in [-0.2, -0.15) is 0 Å². The number of halogens is 1. The smallest absolute Gasteiger partial charge is 0.408 e. The maximum atomic E-state index is 13.8. The van der Waals surface area contributed by atoms with Gasteiger partial charge in [-0.3, -0.25) is 19.2 Å². The first-order valence-electron chi connectivity index (χ1n) is 17.4. The van der Waals surface area contributed by atoms with Gasteiger partial charge in [0.15, 0.2) is 0 Å². The van der Waals surface area contributed by atoms with Crippen molar-refractivity contribution >= 4 is 52.0 Å². The van der Waals surface area contributed by atoms with E-state index in [2.05, 4.69) is 16.0 Å². The Bertz CT molecular complexity index is 1630. The number of rotatable bonds is 12. The number of benzene rings is 1. The molecule has 286 valence electrons. The van der Waals surface area contributed by atoms with E-state index >= 15 is 0 Å². The van der Waals surface area contributed by atoms with E-state index < -0.39 is 53.3 Å².